The van der Waals surface area contributed by atoms with E-state index in [9.17, 15) is 0 Å². The first kappa shape index (κ1) is 12.1. The molecule has 3 rings (SSSR count). The van der Waals surface area contributed by atoms with Crippen LogP contribution >= 0.6 is 0 Å². The quantitative estimate of drug-likeness (QED) is 0.839. The summed E-state index contributed by atoms with van der Waals surface area (Å²) >= 11 is 0. The maximum atomic E-state index is 5.88. The van der Waals surface area contributed by atoms with Crippen LogP contribution in [0.5, 0.6) is 0 Å². The lowest BCUT2D eigenvalue weighted by atomic mass is 10.1. The Balaban J connectivity index is 1.73. The maximum absolute atomic E-state index is 5.88. The number of ether oxygens (including phenoxy) is 2. The molecule has 0 radical (unpaired) electrons. The Kier molecular flexibility index (Phi) is 3.43. The van der Waals surface area contributed by atoms with E-state index >= 15 is 0 Å². The Morgan fingerprint density at radius 1 is 1.26 bits per heavy atom. The fraction of sp³-hybridized carbons (Fsp3) is 0.385. The molecule has 19 heavy (non-hydrogen) atoms. The van der Waals surface area contributed by atoms with E-state index in [4.69, 9.17) is 19.7 Å². The highest BCUT2D eigenvalue weighted by atomic mass is 16.6. The summed E-state index contributed by atoms with van der Waals surface area (Å²) in [7, 11) is 0. The summed E-state index contributed by atoms with van der Waals surface area (Å²) in [6, 6.07) is 7.62. The van der Waals surface area contributed by atoms with Gasteiger partial charge in [-0.2, -0.15) is 4.98 Å². The second kappa shape index (κ2) is 5.38. The van der Waals surface area contributed by atoms with Crippen molar-refractivity contribution < 1.29 is 14.0 Å². The predicted octanol–water partition coefficient (Wildman–Crippen LogP) is 1.33. The van der Waals surface area contributed by atoms with Crippen molar-refractivity contribution in [1.29, 1.82) is 0 Å². The molecule has 1 aliphatic heterocycles. The molecule has 1 aromatic heterocycles. The van der Waals surface area contributed by atoms with Gasteiger partial charge in [-0.3, -0.25) is 0 Å². The standard InChI is InChI=1S/C13H15N3O3/c14-10-4-2-1-3-9(10)7-12-15-13(16-19-12)11-8-17-5-6-18-11/h1-4,11H,5-8,14H2. The summed E-state index contributed by atoms with van der Waals surface area (Å²) in [6.45, 7) is 1.63. The number of nitrogens with two attached hydrogens (primary N) is 1. The maximum Gasteiger partial charge on any atom is 0.231 e. The van der Waals surface area contributed by atoms with Crippen molar-refractivity contribution in [2.75, 3.05) is 25.6 Å². The molecule has 0 saturated carbocycles. The van der Waals surface area contributed by atoms with Gasteiger partial charge in [0.1, 0.15) is 6.10 Å². The zero-order chi connectivity index (χ0) is 13.1. The summed E-state index contributed by atoms with van der Waals surface area (Å²) in [5, 5.41) is 3.93. The Hall–Kier alpha value is -1.92. The van der Waals surface area contributed by atoms with Crippen LogP contribution in [0.3, 0.4) is 0 Å². The van der Waals surface area contributed by atoms with Gasteiger partial charge in [-0.15, -0.1) is 0 Å². The molecule has 100 valence electrons. The van der Waals surface area contributed by atoms with Crippen LogP contribution in [0, 0.1) is 0 Å². The van der Waals surface area contributed by atoms with Gasteiger partial charge in [-0.1, -0.05) is 23.4 Å². The van der Waals surface area contributed by atoms with Crippen molar-refractivity contribution in [3.05, 3.63) is 41.5 Å². The molecule has 6 nitrogen and oxygen atoms in total. The lowest BCUT2D eigenvalue weighted by Gasteiger charge is -2.19. The molecule has 0 aliphatic carbocycles. The number of nitrogen functional groups attached to an aromatic ring is 1. The minimum atomic E-state index is -0.237. The molecule has 2 heterocycles. The summed E-state index contributed by atoms with van der Waals surface area (Å²) < 4.78 is 16.1. The van der Waals surface area contributed by atoms with Crippen LogP contribution in [0.15, 0.2) is 28.8 Å². The molecule has 1 unspecified atom stereocenters. The molecule has 2 N–H and O–H groups in total. The van der Waals surface area contributed by atoms with E-state index in [-0.39, 0.29) is 6.10 Å². The van der Waals surface area contributed by atoms with Gasteiger partial charge < -0.3 is 19.7 Å². The van der Waals surface area contributed by atoms with E-state index < -0.39 is 0 Å². The molecular weight excluding hydrogens is 246 g/mol. The smallest absolute Gasteiger partial charge is 0.231 e. The molecule has 0 amide bonds. The van der Waals surface area contributed by atoms with Gasteiger partial charge in [0.15, 0.2) is 0 Å². The number of para-hydroxylation sites is 1. The fourth-order valence-electron chi connectivity index (χ4n) is 1.97. The van der Waals surface area contributed by atoms with E-state index in [1.807, 2.05) is 24.3 Å². The van der Waals surface area contributed by atoms with Crippen LogP contribution in [-0.2, 0) is 15.9 Å². The van der Waals surface area contributed by atoms with Crippen molar-refractivity contribution in [2.24, 2.45) is 0 Å². The number of hydrogen-bond acceptors (Lipinski definition) is 6. The topological polar surface area (TPSA) is 83.4 Å². The number of hydrogen-bond donors (Lipinski definition) is 1. The van der Waals surface area contributed by atoms with E-state index in [1.165, 1.54) is 0 Å². The van der Waals surface area contributed by atoms with Crippen LogP contribution in [-0.4, -0.2) is 30.0 Å². The van der Waals surface area contributed by atoms with E-state index in [0.29, 0.717) is 38.0 Å². The third-order valence-corrected chi connectivity index (χ3v) is 2.98. The van der Waals surface area contributed by atoms with Gasteiger partial charge >= 0.3 is 0 Å². The Morgan fingerprint density at radius 2 is 2.16 bits per heavy atom. The van der Waals surface area contributed by atoms with E-state index in [1.54, 1.807) is 0 Å². The van der Waals surface area contributed by atoms with Gasteiger partial charge in [-0.25, -0.2) is 0 Å². The summed E-state index contributed by atoms with van der Waals surface area (Å²) in [6.07, 6.45) is 0.284. The predicted molar refractivity (Wildman–Crippen MR) is 67.5 cm³/mol. The minimum Gasteiger partial charge on any atom is -0.398 e. The number of rotatable bonds is 3. The van der Waals surface area contributed by atoms with E-state index in [0.717, 1.165) is 11.3 Å². The Morgan fingerprint density at radius 3 is 2.95 bits per heavy atom. The summed E-state index contributed by atoms with van der Waals surface area (Å²) in [4.78, 5) is 4.33. The van der Waals surface area contributed by atoms with Gasteiger partial charge in [0.05, 0.1) is 26.2 Å². The van der Waals surface area contributed by atoms with Crippen LogP contribution in [0.4, 0.5) is 5.69 Å². The second-order valence-electron chi connectivity index (χ2n) is 4.36. The zero-order valence-corrected chi connectivity index (χ0v) is 10.4. The Bertz CT molecular complexity index is 550. The van der Waals surface area contributed by atoms with E-state index in [2.05, 4.69) is 10.1 Å². The van der Waals surface area contributed by atoms with Crippen molar-refractivity contribution in [3.8, 4) is 0 Å². The highest BCUT2D eigenvalue weighted by Gasteiger charge is 2.22. The third kappa shape index (κ3) is 2.74. The molecule has 1 saturated heterocycles. The second-order valence-corrected chi connectivity index (χ2v) is 4.36. The fourth-order valence-corrected chi connectivity index (χ4v) is 1.97. The number of nitrogens with zero attached hydrogens (tertiary/aromatic N) is 2. The first-order valence-electron chi connectivity index (χ1n) is 6.18. The lowest BCUT2D eigenvalue weighted by Crippen LogP contribution is -2.22. The monoisotopic (exact) mass is 261 g/mol. The summed E-state index contributed by atoms with van der Waals surface area (Å²) in [5.41, 5.74) is 7.58. The van der Waals surface area contributed by atoms with Gasteiger partial charge in [0.2, 0.25) is 11.7 Å². The van der Waals surface area contributed by atoms with Crippen molar-refractivity contribution in [3.63, 3.8) is 0 Å². The normalized spacial score (nSPS) is 19.5. The Labute approximate surface area is 110 Å². The van der Waals surface area contributed by atoms with Crippen molar-refractivity contribution in [2.45, 2.75) is 12.5 Å². The first-order valence-corrected chi connectivity index (χ1v) is 6.18. The minimum absolute atomic E-state index is 0.237. The molecule has 1 aromatic carbocycles. The highest BCUT2D eigenvalue weighted by Crippen LogP contribution is 2.20. The van der Waals surface area contributed by atoms with Crippen molar-refractivity contribution >= 4 is 5.69 Å². The largest absolute Gasteiger partial charge is 0.398 e. The van der Waals surface area contributed by atoms with Gasteiger partial charge in [0, 0.05) is 5.69 Å². The van der Waals surface area contributed by atoms with Gasteiger partial charge in [0.25, 0.3) is 0 Å². The average Bonchev–Trinajstić information content (AvgIpc) is 2.91. The average molecular weight is 261 g/mol. The molecule has 1 aliphatic rings. The lowest BCUT2D eigenvalue weighted by molar-refractivity contribution is -0.0941. The van der Waals surface area contributed by atoms with Crippen LogP contribution in [0.1, 0.15) is 23.4 Å². The molecule has 1 fully saturated rings. The van der Waals surface area contributed by atoms with Crippen LogP contribution in [0.25, 0.3) is 0 Å². The number of aromatic nitrogens is 2. The van der Waals surface area contributed by atoms with Crippen LogP contribution < -0.4 is 5.73 Å². The molecule has 2 aromatic rings. The van der Waals surface area contributed by atoms with Gasteiger partial charge in [-0.05, 0) is 11.6 Å². The molecule has 1 atom stereocenters. The molecule has 0 bridgehead atoms. The summed E-state index contributed by atoms with van der Waals surface area (Å²) in [5.74, 6) is 1.06. The highest BCUT2D eigenvalue weighted by molar-refractivity contribution is 5.47. The zero-order valence-electron chi connectivity index (χ0n) is 10.4. The first-order chi connectivity index (χ1) is 9.33. The third-order valence-electron chi connectivity index (χ3n) is 2.98. The molecule has 0 spiro atoms. The number of benzene rings is 1. The SMILES string of the molecule is Nc1ccccc1Cc1nc(C2COCCO2)no1. The molecular formula is C13H15N3O3. The molecule has 6 heteroatoms. The van der Waals surface area contributed by atoms with Crippen LogP contribution in [0.2, 0.25) is 0 Å². The number of anilines is 1. The van der Waals surface area contributed by atoms with Crippen molar-refractivity contribution in [1.82, 2.24) is 10.1 Å².